The van der Waals surface area contributed by atoms with Gasteiger partial charge < -0.3 is 0 Å². The molecule has 0 saturated heterocycles. The van der Waals surface area contributed by atoms with Gasteiger partial charge in [-0.25, -0.2) is 0 Å². The Balaban J connectivity index is 1.83. The third-order valence-corrected chi connectivity index (χ3v) is 4.99. The van der Waals surface area contributed by atoms with E-state index in [1.165, 1.54) is 33.4 Å². The van der Waals surface area contributed by atoms with Crippen molar-refractivity contribution < 1.29 is 0 Å². The lowest BCUT2D eigenvalue weighted by molar-refractivity contribution is 0.797. The molecule has 1 heteroatoms. The van der Waals surface area contributed by atoms with Gasteiger partial charge in [-0.3, -0.25) is 4.98 Å². The van der Waals surface area contributed by atoms with Crippen LogP contribution in [0.3, 0.4) is 0 Å². The van der Waals surface area contributed by atoms with Gasteiger partial charge in [-0.05, 0) is 52.8 Å². The summed E-state index contributed by atoms with van der Waals surface area (Å²) in [5.74, 6) is 0.533. The van der Waals surface area contributed by atoms with Crippen molar-refractivity contribution in [2.45, 2.75) is 32.6 Å². The lowest BCUT2D eigenvalue weighted by Crippen LogP contribution is -1.94. The summed E-state index contributed by atoms with van der Waals surface area (Å²) in [7, 11) is 0. The van der Waals surface area contributed by atoms with Gasteiger partial charge in [-0.15, -0.1) is 0 Å². The van der Waals surface area contributed by atoms with E-state index in [0.717, 1.165) is 18.5 Å². The summed E-state index contributed by atoms with van der Waals surface area (Å²) in [5, 5.41) is 0. The van der Waals surface area contributed by atoms with E-state index >= 15 is 0 Å². The van der Waals surface area contributed by atoms with E-state index in [-0.39, 0.29) is 0 Å². The number of fused-ring (bicyclic) bond motifs is 3. The van der Waals surface area contributed by atoms with E-state index in [2.05, 4.69) is 73.4 Å². The lowest BCUT2D eigenvalue weighted by Gasteiger charge is -2.11. The molecule has 1 unspecified atom stereocenters. The fourth-order valence-electron chi connectivity index (χ4n) is 3.71. The van der Waals surface area contributed by atoms with Gasteiger partial charge in [0.05, 0.1) is 5.69 Å². The standard InChI is InChI=1S/C22H21N/c1-3-15-9-12-22(23-14-15)16-10-11-20-17(4-2)18-7-5-6-8-19(18)21(20)13-16/h5-14,17H,3-4H2,1-2H3. The second-order valence-corrected chi connectivity index (χ2v) is 6.26. The Labute approximate surface area is 138 Å². The maximum atomic E-state index is 4.64. The number of nitrogens with zero attached hydrogens (tertiary/aromatic N) is 1. The van der Waals surface area contributed by atoms with Crippen molar-refractivity contribution in [1.82, 2.24) is 4.98 Å². The SMILES string of the molecule is CCc1ccc(-c2ccc3c(c2)-c2ccccc2C3CC)nc1. The molecule has 1 aliphatic rings. The summed E-state index contributed by atoms with van der Waals surface area (Å²) in [6.45, 7) is 4.43. The molecule has 114 valence electrons. The second kappa shape index (κ2) is 5.66. The van der Waals surface area contributed by atoms with Crippen LogP contribution >= 0.6 is 0 Å². The van der Waals surface area contributed by atoms with E-state index in [4.69, 9.17) is 0 Å². The van der Waals surface area contributed by atoms with Gasteiger partial charge in [0.25, 0.3) is 0 Å². The molecule has 0 N–H and O–H groups in total. The van der Waals surface area contributed by atoms with Gasteiger partial charge >= 0.3 is 0 Å². The summed E-state index contributed by atoms with van der Waals surface area (Å²) < 4.78 is 0. The molecule has 0 bridgehead atoms. The maximum Gasteiger partial charge on any atom is 0.0702 e. The van der Waals surface area contributed by atoms with E-state index in [0.29, 0.717) is 5.92 Å². The van der Waals surface area contributed by atoms with E-state index in [1.54, 1.807) is 0 Å². The number of aromatic nitrogens is 1. The fraction of sp³-hybridized carbons (Fsp3) is 0.227. The average molecular weight is 299 g/mol. The van der Waals surface area contributed by atoms with Crippen molar-refractivity contribution in [3.05, 3.63) is 77.5 Å². The van der Waals surface area contributed by atoms with Gasteiger partial charge in [-0.2, -0.15) is 0 Å². The number of aryl methyl sites for hydroxylation is 1. The Morgan fingerprint density at radius 3 is 2.43 bits per heavy atom. The molecule has 1 atom stereocenters. The molecule has 23 heavy (non-hydrogen) atoms. The molecular weight excluding hydrogens is 278 g/mol. The molecule has 0 aliphatic heterocycles. The molecule has 1 heterocycles. The van der Waals surface area contributed by atoms with Crippen LogP contribution in [-0.2, 0) is 6.42 Å². The van der Waals surface area contributed by atoms with Crippen LogP contribution in [0.2, 0.25) is 0 Å². The molecule has 4 rings (SSSR count). The third-order valence-electron chi connectivity index (χ3n) is 4.99. The maximum absolute atomic E-state index is 4.64. The van der Waals surface area contributed by atoms with E-state index < -0.39 is 0 Å². The number of hydrogen-bond acceptors (Lipinski definition) is 1. The zero-order chi connectivity index (χ0) is 15.8. The Morgan fingerprint density at radius 1 is 0.870 bits per heavy atom. The first kappa shape index (κ1) is 14.2. The van der Waals surface area contributed by atoms with Gasteiger partial charge in [0.2, 0.25) is 0 Å². The molecule has 0 amide bonds. The number of hydrogen-bond donors (Lipinski definition) is 0. The molecule has 0 spiro atoms. The Kier molecular flexibility index (Phi) is 3.49. The first-order valence-electron chi connectivity index (χ1n) is 8.50. The van der Waals surface area contributed by atoms with Crippen molar-refractivity contribution in [3.63, 3.8) is 0 Å². The van der Waals surface area contributed by atoms with Crippen molar-refractivity contribution in [2.24, 2.45) is 0 Å². The summed E-state index contributed by atoms with van der Waals surface area (Å²) in [6, 6.07) is 20.0. The Bertz CT molecular complexity index is 846. The Hall–Kier alpha value is -2.41. The predicted molar refractivity (Wildman–Crippen MR) is 96.6 cm³/mol. The monoisotopic (exact) mass is 299 g/mol. The van der Waals surface area contributed by atoms with Crippen LogP contribution in [0.5, 0.6) is 0 Å². The first-order chi connectivity index (χ1) is 11.3. The van der Waals surface area contributed by atoms with Crippen LogP contribution in [0.4, 0.5) is 0 Å². The first-order valence-corrected chi connectivity index (χ1v) is 8.50. The largest absolute Gasteiger partial charge is 0.256 e. The fourth-order valence-corrected chi connectivity index (χ4v) is 3.71. The molecular formula is C22H21N. The zero-order valence-electron chi connectivity index (χ0n) is 13.7. The average Bonchev–Trinajstić information content (AvgIpc) is 2.95. The van der Waals surface area contributed by atoms with Crippen molar-refractivity contribution in [1.29, 1.82) is 0 Å². The summed E-state index contributed by atoms with van der Waals surface area (Å²) >= 11 is 0. The predicted octanol–water partition coefficient (Wildman–Crippen LogP) is 5.83. The van der Waals surface area contributed by atoms with Gasteiger partial charge in [-0.1, -0.05) is 56.3 Å². The van der Waals surface area contributed by atoms with Crippen molar-refractivity contribution >= 4 is 0 Å². The summed E-state index contributed by atoms with van der Waals surface area (Å²) in [5.41, 5.74) is 9.25. The summed E-state index contributed by atoms with van der Waals surface area (Å²) in [4.78, 5) is 4.64. The van der Waals surface area contributed by atoms with Crippen molar-refractivity contribution in [3.8, 4) is 22.4 Å². The quantitative estimate of drug-likeness (QED) is 0.592. The molecule has 2 aromatic carbocycles. The van der Waals surface area contributed by atoms with Crippen LogP contribution in [-0.4, -0.2) is 4.98 Å². The van der Waals surface area contributed by atoms with Gasteiger partial charge in [0, 0.05) is 17.7 Å². The lowest BCUT2D eigenvalue weighted by atomic mass is 9.94. The number of rotatable bonds is 3. The highest BCUT2D eigenvalue weighted by Crippen LogP contribution is 2.47. The molecule has 1 aliphatic carbocycles. The van der Waals surface area contributed by atoms with Crippen molar-refractivity contribution in [2.75, 3.05) is 0 Å². The minimum atomic E-state index is 0.533. The molecule has 0 radical (unpaired) electrons. The minimum absolute atomic E-state index is 0.533. The van der Waals surface area contributed by atoms with E-state index in [1.807, 2.05) is 6.20 Å². The molecule has 0 fully saturated rings. The highest BCUT2D eigenvalue weighted by molar-refractivity contribution is 5.82. The molecule has 3 aromatic rings. The highest BCUT2D eigenvalue weighted by atomic mass is 14.7. The zero-order valence-corrected chi connectivity index (χ0v) is 13.7. The third kappa shape index (κ3) is 2.28. The van der Waals surface area contributed by atoms with E-state index in [9.17, 15) is 0 Å². The molecule has 1 nitrogen and oxygen atoms in total. The second-order valence-electron chi connectivity index (χ2n) is 6.26. The van der Waals surface area contributed by atoms with Crippen LogP contribution in [0, 0.1) is 0 Å². The van der Waals surface area contributed by atoms with Crippen LogP contribution in [0.1, 0.15) is 42.9 Å². The smallest absolute Gasteiger partial charge is 0.0702 e. The van der Waals surface area contributed by atoms with Gasteiger partial charge in [0.1, 0.15) is 0 Å². The minimum Gasteiger partial charge on any atom is -0.256 e. The summed E-state index contributed by atoms with van der Waals surface area (Å²) in [6.07, 6.45) is 4.17. The number of pyridine rings is 1. The van der Waals surface area contributed by atoms with Crippen LogP contribution in [0.25, 0.3) is 22.4 Å². The van der Waals surface area contributed by atoms with Crippen LogP contribution < -0.4 is 0 Å². The molecule has 1 aromatic heterocycles. The Morgan fingerprint density at radius 2 is 1.70 bits per heavy atom. The highest BCUT2D eigenvalue weighted by Gasteiger charge is 2.27. The topological polar surface area (TPSA) is 12.9 Å². The van der Waals surface area contributed by atoms with Gasteiger partial charge in [0.15, 0.2) is 0 Å². The van der Waals surface area contributed by atoms with Crippen LogP contribution in [0.15, 0.2) is 60.8 Å². The molecule has 0 saturated carbocycles. The normalized spacial score (nSPS) is 15.3. The number of benzene rings is 2.